The summed E-state index contributed by atoms with van der Waals surface area (Å²) in [4.78, 5) is 11.9. The molecule has 26 heavy (non-hydrogen) atoms. The fourth-order valence-electron chi connectivity index (χ4n) is 2.29. The molecule has 0 aliphatic carbocycles. The lowest BCUT2D eigenvalue weighted by atomic mass is 10.1. The van der Waals surface area contributed by atoms with Gasteiger partial charge in [0.1, 0.15) is 12.4 Å². The second kappa shape index (κ2) is 7.79. The average Bonchev–Trinajstić information content (AvgIpc) is 2.55. The molecule has 1 amide bonds. The summed E-state index contributed by atoms with van der Waals surface area (Å²) < 4.78 is 54.4. The summed E-state index contributed by atoms with van der Waals surface area (Å²) in [5, 5.41) is 7.66. The van der Waals surface area contributed by atoms with Crippen molar-refractivity contribution in [3.8, 4) is 5.75 Å². The minimum absolute atomic E-state index is 0.00608. The van der Waals surface area contributed by atoms with E-state index in [2.05, 4.69) is 5.32 Å². The van der Waals surface area contributed by atoms with Crippen molar-refractivity contribution < 1.29 is 26.7 Å². The third-order valence-electron chi connectivity index (χ3n) is 3.61. The van der Waals surface area contributed by atoms with E-state index in [9.17, 15) is 22.0 Å². The standard InChI is InChI=1S/C17H18F2N2O4S/c1-10-8-16(26(20,23)24)11(2)7-15(10)25-6-5-21-17(22)12-3-4-13(18)14(19)9-12/h3-4,7-9H,5-6H2,1-2H3,(H,21,22)(H2,20,23,24). The monoisotopic (exact) mass is 384 g/mol. The van der Waals surface area contributed by atoms with Crippen LogP contribution in [0, 0.1) is 25.5 Å². The minimum atomic E-state index is -3.82. The summed E-state index contributed by atoms with van der Waals surface area (Å²) >= 11 is 0. The van der Waals surface area contributed by atoms with Crippen LogP contribution in [0.4, 0.5) is 8.78 Å². The number of sulfonamides is 1. The molecule has 2 rings (SSSR count). The number of aryl methyl sites for hydroxylation is 2. The van der Waals surface area contributed by atoms with Gasteiger partial charge in [0, 0.05) is 5.56 Å². The molecule has 0 radical (unpaired) electrons. The Bertz CT molecular complexity index is 946. The van der Waals surface area contributed by atoms with Crippen molar-refractivity contribution in [3.05, 3.63) is 58.7 Å². The fourth-order valence-corrected chi connectivity index (χ4v) is 3.14. The average molecular weight is 384 g/mol. The van der Waals surface area contributed by atoms with Gasteiger partial charge in [-0.3, -0.25) is 4.79 Å². The summed E-state index contributed by atoms with van der Waals surface area (Å²) in [7, 11) is -3.82. The van der Waals surface area contributed by atoms with Crippen molar-refractivity contribution >= 4 is 15.9 Å². The molecule has 0 spiro atoms. The Hall–Kier alpha value is -2.52. The van der Waals surface area contributed by atoms with Crippen molar-refractivity contribution in [2.45, 2.75) is 18.7 Å². The highest BCUT2D eigenvalue weighted by Crippen LogP contribution is 2.25. The molecule has 0 aliphatic heterocycles. The van der Waals surface area contributed by atoms with E-state index in [0.717, 1.165) is 12.1 Å². The first-order chi connectivity index (χ1) is 12.1. The molecule has 9 heteroatoms. The quantitative estimate of drug-likeness (QED) is 0.745. The number of rotatable bonds is 6. The number of hydrogen-bond donors (Lipinski definition) is 2. The van der Waals surface area contributed by atoms with Gasteiger partial charge in [0.15, 0.2) is 11.6 Å². The van der Waals surface area contributed by atoms with Crippen LogP contribution in [0.25, 0.3) is 0 Å². The Morgan fingerprint density at radius 1 is 1.12 bits per heavy atom. The maximum atomic E-state index is 13.1. The number of hydrogen-bond acceptors (Lipinski definition) is 4. The molecule has 0 heterocycles. The zero-order chi connectivity index (χ0) is 19.5. The summed E-state index contributed by atoms with van der Waals surface area (Å²) in [6.07, 6.45) is 0. The fraction of sp³-hybridized carbons (Fsp3) is 0.235. The molecule has 0 fully saturated rings. The number of ether oxygens (including phenoxy) is 1. The Balaban J connectivity index is 1.95. The first kappa shape index (κ1) is 19.8. The number of nitrogens with one attached hydrogen (secondary N) is 1. The van der Waals surface area contributed by atoms with Gasteiger partial charge in [-0.15, -0.1) is 0 Å². The smallest absolute Gasteiger partial charge is 0.251 e. The molecule has 140 valence electrons. The number of primary sulfonamides is 1. The van der Waals surface area contributed by atoms with Crippen LogP contribution in [-0.4, -0.2) is 27.5 Å². The van der Waals surface area contributed by atoms with Crippen molar-refractivity contribution in [2.75, 3.05) is 13.2 Å². The number of amides is 1. The maximum Gasteiger partial charge on any atom is 0.251 e. The zero-order valence-corrected chi connectivity index (χ0v) is 15.0. The van der Waals surface area contributed by atoms with Crippen molar-refractivity contribution in [3.63, 3.8) is 0 Å². The molecule has 3 N–H and O–H groups in total. The van der Waals surface area contributed by atoms with Crippen molar-refractivity contribution in [1.29, 1.82) is 0 Å². The Kier molecular flexibility index (Phi) is 5.94. The Morgan fingerprint density at radius 2 is 1.81 bits per heavy atom. The lowest BCUT2D eigenvalue weighted by Gasteiger charge is -2.13. The first-order valence-electron chi connectivity index (χ1n) is 7.59. The summed E-state index contributed by atoms with van der Waals surface area (Å²) in [5.74, 6) is -2.24. The van der Waals surface area contributed by atoms with Crippen LogP contribution in [0.2, 0.25) is 0 Å². The number of nitrogens with two attached hydrogens (primary N) is 1. The number of benzene rings is 2. The second-order valence-electron chi connectivity index (χ2n) is 5.66. The molecule has 0 saturated carbocycles. The van der Waals surface area contributed by atoms with Crippen LogP contribution >= 0.6 is 0 Å². The third kappa shape index (κ3) is 4.77. The van der Waals surface area contributed by atoms with Crippen LogP contribution in [0.1, 0.15) is 21.5 Å². The largest absolute Gasteiger partial charge is 0.491 e. The van der Waals surface area contributed by atoms with E-state index in [1.165, 1.54) is 12.1 Å². The van der Waals surface area contributed by atoms with Gasteiger partial charge in [-0.2, -0.15) is 0 Å². The normalized spacial score (nSPS) is 11.3. The molecule has 0 aliphatic rings. The molecule has 6 nitrogen and oxygen atoms in total. The predicted octanol–water partition coefficient (Wildman–Crippen LogP) is 2.04. The number of carbonyl (C=O) groups excluding carboxylic acids is 1. The van der Waals surface area contributed by atoms with Crippen LogP contribution in [0.5, 0.6) is 5.75 Å². The van der Waals surface area contributed by atoms with Gasteiger partial charge in [0.25, 0.3) is 5.91 Å². The Labute approximate surface area is 150 Å². The van der Waals surface area contributed by atoms with E-state index in [1.807, 2.05) is 0 Å². The SMILES string of the molecule is Cc1cc(S(N)(=O)=O)c(C)cc1OCCNC(=O)c1ccc(F)c(F)c1. The van der Waals surface area contributed by atoms with Crippen LogP contribution in [-0.2, 0) is 10.0 Å². The number of carbonyl (C=O) groups is 1. The molecule has 0 unspecified atom stereocenters. The summed E-state index contributed by atoms with van der Waals surface area (Å²) in [5.41, 5.74) is 1.01. The van der Waals surface area contributed by atoms with Gasteiger partial charge in [-0.25, -0.2) is 22.3 Å². The Morgan fingerprint density at radius 3 is 2.42 bits per heavy atom. The molecule has 0 aromatic heterocycles. The molecule has 0 atom stereocenters. The lowest BCUT2D eigenvalue weighted by Crippen LogP contribution is -2.28. The van der Waals surface area contributed by atoms with Gasteiger partial charge >= 0.3 is 0 Å². The van der Waals surface area contributed by atoms with E-state index in [0.29, 0.717) is 16.9 Å². The summed E-state index contributed by atoms with van der Waals surface area (Å²) in [6, 6.07) is 5.82. The van der Waals surface area contributed by atoms with Gasteiger partial charge in [0.2, 0.25) is 10.0 Å². The number of halogens is 2. The van der Waals surface area contributed by atoms with Crippen LogP contribution < -0.4 is 15.2 Å². The van der Waals surface area contributed by atoms with Gasteiger partial charge in [0.05, 0.1) is 11.4 Å². The predicted molar refractivity (Wildman–Crippen MR) is 91.5 cm³/mol. The summed E-state index contributed by atoms with van der Waals surface area (Å²) in [6.45, 7) is 3.48. The van der Waals surface area contributed by atoms with E-state index in [1.54, 1.807) is 19.9 Å². The topological polar surface area (TPSA) is 98.5 Å². The van der Waals surface area contributed by atoms with Crippen LogP contribution in [0.15, 0.2) is 35.2 Å². The second-order valence-corrected chi connectivity index (χ2v) is 7.19. The van der Waals surface area contributed by atoms with Crippen LogP contribution in [0.3, 0.4) is 0 Å². The molecular formula is C17H18F2N2O4S. The van der Waals surface area contributed by atoms with E-state index in [4.69, 9.17) is 9.88 Å². The van der Waals surface area contributed by atoms with Gasteiger partial charge in [-0.05, 0) is 55.3 Å². The lowest BCUT2D eigenvalue weighted by molar-refractivity contribution is 0.0946. The van der Waals surface area contributed by atoms with E-state index >= 15 is 0 Å². The highest BCUT2D eigenvalue weighted by atomic mass is 32.2. The molecular weight excluding hydrogens is 366 g/mol. The minimum Gasteiger partial charge on any atom is -0.491 e. The van der Waals surface area contributed by atoms with Gasteiger partial charge < -0.3 is 10.1 Å². The molecule has 0 bridgehead atoms. The maximum absolute atomic E-state index is 13.1. The highest BCUT2D eigenvalue weighted by molar-refractivity contribution is 7.89. The molecule has 0 saturated heterocycles. The molecule has 2 aromatic carbocycles. The van der Waals surface area contributed by atoms with Crippen molar-refractivity contribution in [1.82, 2.24) is 5.32 Å². The highest BCUT2D eigenvalue weighted by Gasteiger charge is 2.14. The third-order valence-corrected chi connectivity index (χ3v) is 4.66. The van der Waals surface area contributed by atoms with Gasteiger partial charge in [-0.1, -0.05) is 0 Å². The molecule has 2 aromatic rings. The van der Waals surface area contributed by atoms with E-state index < -0.39 is 27.6 Å². The van der Waals surface area contributed by atoms with Crippen molar-refractivity contribution in [2.24, 2.45) is 5.14 Å². The zero-order valence-electron chi connectivity index (χ0n) is 14.2. The first-order valence-corrected chi connectivity index (χ1v) is 9.14. The van der Waals surface area contributed by atoms with E-state index in [-0.39, 0.29) is 23.6 Å².